The molecule has 0 aliphatic heterocycles. The van der Waals surface area contributed by atoms with Gasteiger partial charge in [-0.2, -0.15) is 0 Å². The number of benzene rings is 4. The van der Waals surface area contributed by atoms with E-state index in [0.29, 0.717) is 11.1 Å². The summed E-state index contributed by atoms with van der Waals surface area (Å²) in [5.41, 5.74) is 9.53. The van der Waals surface area contributed by atoms with Crippen LogP contribution in [0, 0.1) is 0 Å². The SMILES string of the molecule is C=C(C)C(=O)Cl.C=C(C)C(=O)OC1c2ccccc2-c2ccccc21.OC1c2ccccc2-c2ccccc21. The van der Waals surface area contributed by atoms with Gasteiger partial charge in [0, 0.05) is 22.3 Å². The maximum absolute atomic E-state index is 11.8. The van der Waals surface area contributed by atoms with Gasteiger partial charge in [-0.05, 0) is 58.8 Å². The number of fused-ring (bicyclic) bond motifs is 6. The Balaban J connectivity index is 0.000000155. The monoisotopic (exact) mass is 536 g/mol. The van der Waals surface area contributed by atoms with E-state index in [2.05, 4.69) is 37.4 Å². The number of aliphatic hydroxyl groups excluding tert-OH is 1. The van der Waals surface area contributed by atoms with Crippen molar-refractivity contribution < 1.29 is 19.4 Å². The predicted octanol–water partition coefficient (Wildman–Crippen LogP) is 7.95. The number of rotatable bonds is 3. The van der Waals surface area contributed by atoms with Gasteiger partial charge >= 0.3 is 5.97 Å². The van der Waals surface area contributed by atoms with Crippen LogP contribution in [0.4, 0.5) is 0 Å². The van der Waals surface area contributed by atoms with Crippen LogP contribution < -0.4 is 0 Å². The molecule has 0 saturated heterocycles. The van der Waals surface area contributed by atoms with Crippen LogP contribution >= 0.6 is 11.6 Å². The Morgan fingerprint density at radius 2 is 0.949 bits per heavy atom. The summed E-state index contributed by atoms with van der Waals surface area (Å²) in [4.78, 5) is 21.6. The van der Waals surface area contributed by atoms with Crippen LogP contribution in [-0.4, -0.2) is 16.3 Å². The van der Waals surface area contributed by atoms with E-state index in [-0.39, 0.29) is 12.1 Å². The van der Waals surface area contributed by atoms with Gasteiger partial charge in [0.15, 0.2) is 6.10 Å². The highest BCUT2D eigenvalue weighted by molar-refractivity contribution is 6.67. The number of ether oxygens (including phenoxy) is 1. The maximum Gasteiger partial charge on any atom is 0.334 e. The Kier molecular flexibility index (Phi) is 8.60. The van der Waals surface area contributed by atoms with E-state index in [1.54, 1.807) is 13.8 Å². The van der Waals surface area contributed by atoms with Crippen LogP contribution in [0.3, 0.4) is 0 Å². The van der Waals surface area contributed by atoms with E-state index in [4.69, 9.17) is 16.3 Å². The zero-order valence-electron chi connectivity index (χ0n) is 21.9. The lowest BCUT2D eigenvalue weighted by atomic mass is 10.1. The highest BCUT2D eigenvalue weighted by atomic mass is 35.5. The predicted molar refractivity (Wildman–Crippen MR) is 156 cm³/mol. The molecule has 2 aliphatic rings. The average molecular weight is 537 g/mol. The van der Waals surface area contributed by atoms with Crippen molar-refractivity contribution in [1.29, 1.82) is 0 Å². The van der Waals surface area contributed by atoms with Gasteiger partial charge in [0.1, 0.15) is 6.10 Å². The van der Waals surface area contributed by atoms with Crippen molar-refractivity contribution in [2.45, 2.75) is 26.1 Å². The van der Waals surface area contributed by atoms with Gasteiger partial charge in [-0.15, -0.1) is 0 Å². The van der Waals surface area contributed by atoms with Crippen molar-refractivity contribution >= 4 is 22.8 Å². The topological polar surface area (TPSA) is 63.6 Å². The molecule has 2 aliphatic carbocycles. The van der Waals surface area contributed by atoms with Gasteiger partial charge in [0.2, 0.25) is 5.24 Å². The van der Waals surface area contributed by atoms with Gasteiger partial charge in [0.05, 0.1) is 0 Å². The van der Waals surface area contributed by atoms with Gasteiger partial charge in [0.25, 0.3) is 0 Å². The molecule has 4 nitrogen and oxygen atoms in total. The molecule has 0 amide bonds. The molecule has 0 aromatic heterocycles. The minimum absolute atomic E-state index is 0.323. The summed E-state index contributed by atoms with van der Waals surface area (Å²) in [6.07, 6.45) is -0.765. The van der Waals surface area contributed by atoms with Crippen LogP contribution in [0.25, 0.3) is 22.3 Å². The van der Waals surface area contributed by atoms with E-state index in [1.807, 2.05) is 72.8 Å². The summed E-state index contributed by atoms with van der Waals surface area (Å²) in [6, 6.07) is 32.1. The molecule has 0 radical (unpaired) electrons. The van der Waals surface area contributed by atoms with Crippen LogP contribution in [0.15, 0.2) is 121 Å². The van der Waals surface area contributed by atoms with Gasteiger partial charge in [-0.25, -0.2) is 4.79 Å². The normalized spacial score (nSPS) is 12.3. The minimum Gasteiger partial charge on any atom is -0.449 e. The molecule has 6 rings (SSSR count). The van der Waals surface area contributed by atoms with Crippen LogP contribution in [0.1, 0.15) is 48.3 Å². The highest BCUT2D eigenvalue weighted by Gasteiger charge is 2.31. The molecule has 0 spiro atoms. The lowest BCUT2D eigenvalue weighted by Gasteiger charge is -2.14. The molecule has 0 atom stereocenters. The summed E-state index contributed by atoms with van der Waals surface area (Å²) in [6.45, 7) is 10.1. The van der Waals surface area contributed by atoms with Gasteiger partial charge in [-0.1, -0.05) is 110 Å². The summed E-state index contributed by atoms with van der Waals surface area (Å²) in [5, 5.41) is 9.57. The summed E-state index contributed by atoms with van der Waals surface area (Å²) >= 11 is 4.87. The minimum atomic E-state index is -0.463. The second-order valence-electron chi connectivity index (χ2n) is 9.37. The number of hydrogen-bond acceptors (Lipinski definition) is 4. The molecule has 0 saturated carbocycles. The lowest BCUT2D eigenvalue weighted by Crippen LogP contribution is -2.10. The third kappa shape index (κ3) is 5.93. The smallest absolute Gasteiger partial charge is 0.334 e. The molecule has 0 bridgehead atoms. The van der Waals surface area contributed by atoms with Crippen LogP contribution in [0.5, 0.6) is 0 Å². The lowest BCUT2D eigenvalue weighted by molar-refractivity contribution is -0.142. The van der Waals surface area contributed by atoms with Crippen molar-refractivity contribution in [3.8, 4) is 22.3 Å². The molecular weight excluding hydrogens is 508 g/mol. The number of hydrogen-bond donors (Lipinski definition) is 1. The van der Waals surface area contributed by atoms with Crippen molar-refractivity contribution in [2.24, 2.45) is 0 Å². The maximum atomic E-state index is 11.8. The fourth-order valence-corrected chi connectivity index (χ4v) is 4.57. The fraction of sp³-hybridized carbons (Fsp3) is 0.118. The average Bonchev–Trinajstić information content (AvgIpc) is 3.42. The second-order valence-corrected chi connectivity index (χ2v) is 9.71. The molecule has 5 heteroatoms. The van der Waals surface area contributed by atoms with Crippen molar-refractivity contribution in [2.75, 3.05) is 0 Å². The summed E-state index contributed by atoms with van der Waals surface area (Å²) in [5.74, 6) is -0.350. The Morgan fingerprint density at radius 3 is 1.28 bits per heavy atom. The molecule has 4 aromatic carbocycles. The fourth-order valence-electron chi connectivity index (χ4n) is 4.57. The molecule has 0 fully saturated rings. The highest BCUT2D eigenvalue weighted by Crippen LogP contribution is 2.45. The molecule has 39 heavy (non-hydrogen) atoms. The first kappa shape index (κ1) is 27.8. The van der Waals surface area contributed by atoms with E-state index < -0.39 is 11.3 Å². The molecule has 1 N–H and O–H groups in total. The number of allylic oxidation sites excluding steroid dienone is 1. The standard InChI is InChI=1S/C17H14O2.C13H10O.C4H5ClO/c1-11(2)17(18)19-16-14-9-5-3-7-12(14)13-8-4-6-10-15(13)16;14-13-11-7-3-1-5-9(11)10-6-2-4-8-12(10)13;1-3(2)4(5)6/h3-10,16H,1H2,2H3;1-8,13-14H;1H2,2H3. The number of carbonyl (C=O) groups excluding carboxylic acids is 2. The van der Waals surface area contributed by atoms with Crippen LogP contribution in [-0.2, 0) is 14.3 Å². The largest absolute Gasteiger partial charge is 0.449 e. The number of halogens is 1. The molecular formula is C34H29ClO4. The number of aliphatic hydroxyl groups is 1. The first-order chi connectivity index (χ1) is 18.7. The van der Waals surface area contributed by atoms with E-state index in [9.17, 15) is 14.7 Å². The Morgan fingerprint density at radius 1 is 0.641 bits per heavy atom. The Labute approximate surface area is 233 Å². The van der Waals surface area contributed by atoms with Crippen molar-refractivity contribution in [3.63, 3.8) is 0 Å². The van der Waals surface area contributed by atoms with E-state index in [1.165, 1.54) is 0 Å². The van der Waals surface area contributed by atoms with Gasteiger partial charge < -0.3 is 9.84 Å². The summed E-state index contributed by atoms with van der Waals surface area (Å²) < 4.78 is 5.59. The molecule has 196 valence electrons. The first-order valence-corrected chi connectivity index (χ1v) is 12.8. The molecule has 0 unspecified atom stereocenters. The zero-order chi connectivity index (χ0) is 28.1. The quantitative estimate of drug-likeness (QED) is 0.164. The van der Waals surface area contributed by atoms with Gasteiger partial charge in [-0.3, -0.25) is 4.79 Å². The zero-order valence-corrected chi connectivity index (χ0v) is 22.6. The third-order valence-electron chi connectivity index (χ3n) is 6.49. The van der Waals surface area contributed by atoms with E-state index in [0.717, 1.165) is 44.5 Å². The van der Waals surface area contributed by atoms with Crippen molar-refractivity contribution in [1.82, 2.24) is 0 Å². The number of esters is 1. The first-order valence-electron chi connectivity index (χ1n) is 12.5. The van der Waals surface area contributed by atoms with E-state index >= 15 is 0 Å². The van der Waals surface area contributed by atoms with Crippen molar-refractivity contribution in [3.05, 3.63) is 144 Å². The third-order valence-corrected chi connectivity index (χ3v) is 6.81. The molecule has 0 heterocycles. The Bertz CT molecular complexity index is 1470. The molecule has 4 aromatic rings. The Hall–Kier alpha value is -4.25. The number of carbonyl (C=O) groups is 2. The summed E-state index contributed by atoms with van der Waals surface area (Å²) in [7, 11) is 0. The van der Waals surface area contributed by atoms with Crippen LogP contribution in [0.2, 0.25) is 0 Å². The second kappa shape index (κ2) is 12.1.